The summed E-state index contributed by atoms with van der Waals surface area (Å²) in [5.74, 6) is -1.01. The number of pyridine rings is 1. The second-order valence-corrected chi connectivity index (χ2v) is 6.96. The Kier molecular flexibility index (Phi) is 3.64. The minimum Gasteiger partial charge on any atom is -0.478 e. The van der Waals surface area contributed by atoms with Crippen LogP contribution in [-0.4, -0.2) is 25.8 Å². The highest BCUT2D eigenvalue weighted by molar-refractivity contribution is 9.11. The van der Waals surface area contributed by atoms with Crippen LogP contribution in [0.15, 0.2) is 28.3 Å². The van der Waals surface area contributed by atoms with Crippen LogP contribution in [-0.2, 0) is 13.6 Å². The molecule has 0 aliphatic heterocycles. The first-order valence-corrected chi connectivity index (χ1v) is 7.69. The highest BCUT2D eigenvalue weighted by Crippen LogP contribution is 2.28. The average Bonchev–Trinajstić information content (AvgIpc) is 3.03. The van der Waals surface area contributed by atoms with E-state index in [1.807, 2.05) is 12.1 Å². The van der Waals surface area contributed by atoms with E-state index in [0.29, 0.717) is 23.3 Å². The van der Waals surface area contributed by atoms with Gasteiger partial charge in [0, 0.05) is 24.7 Å². The number of anilines is 1. The van der Waals surface area contributed by atoms with Crippen molar-refractivity contribution in [3.63, 3.8) is 0 Å². The molecule has 0 aromatic carbocycles. The topological polar surface area (TPSA) is 80.0 Å². The molecule has 3 heterocycles. The third kappa shape index (κ3) is 2.64. The van der Waals surface area contributed by atoms with Crippen LogP contribution >= 0.6 is 27.3 Å². The largest absolute Gasteiger partial charge is 0.478 e. The van der Waals surface area contributed by atoms with Gasteiger partial charge in [0.2, 0.25) is 0 Å². The third-order valence-electron chi connectivity index (χ3n) is 3.06. The van der Waals surface area contributed by atoms with Gasteiger partial charge in [0.15, 0.2) is 5.65 Å². The van der Waals surface area contributed by atoms with Gasteiger partial charge in [0.25, 0.3) is 0 Å². The Hall–Kier alpha value is -1.93. The van der Waals surface area contributed by atoms with E-state index in [2.05, 4.69) is 31.3 Å². The summed E-state index contributed by atoms with van der Waals surface area (Å²) in [6.45, 7) is 0.546. The molecular formula is C13H11BrN4O2S. The second kappa shape index (κ2) is 5.45. The molecule has 108 valence electrons. The number of halogens is 1. The van der Waals surface area contributed by atoms with Crippen molar-refractivity contribution in [1.29, 1.82) is 0 Å². The lowest BCUT2D eigenvalue weighted by molar-refractivity contribution is 0.0697. The first-order chi connectivity index (χ1) is 10.1. The molecule has 0 radical (unpaired) electrons. The minimum absolute atomic E-state index is 0.145. The molecule has 21 heavy (non-hydrogen) atoms. The maximum Gasteiger partial charge on any atom is 0.339 e. The van der Waals surface area contributed by atoms with E-state index in [1.165, 1.54) is 6.20 Å². The lowest BCUT2D eigenvalue weighted by Gasteiger charge is -2.09. The van der Waals surface area contributed by atoms with Crippen LogP contribution in [0.3, 0.4) is 0 Å². The van der Waals surface area contributed by atoms with E-state index in [9.17, 15) is 9.90 Å². The van der Waals surface area contributed by atoms with E-state index < -0.39 is 5.97 Å². The number of nitrogens with one attached hydrogen (secondary N) is 1. The van der Waals surface area contributed by atoms with Crippen LogP contribution in [0.5, 0.6) is 0 Å². The van der Waals surface area contributed by atoms with Crippen LogP contribution in [0, 0.1) is 0 Å². The number of aryl methyl sites for hydroxylation is 1. The lowest BCUT2D eigenvalue weighted by atomic mass is 10.2. The number of carboxylic acid groups (broad SMARTS) is 1. The number of hydrogen-bond acceptors (Lipinski definition) is 5. The van der Waals surface area contributed by atoms with Gasteiger partial charge < -0.3 is 10.4 Å². The van der Waals surface area contributed by atoms with Gasteiger partial charge in [-0.2, -0.15) is 5.10 Å². The van der Waals surface area contributed by atoms with Gasteiger partial charge >= 0.3 is 5.97 Å². The monoisotopic (exact) mass is 366 g/mol. The van der Waals surface area contributed by atoms with Crippen LogP contribution in [0.4, 0.5) is 5.69 Å². The van der Waals surface area contributed by atoms with Crippen LogP contribution in [0.2, 0.25) is 0 Å². The number of fused-ring (bicyclic) bond motifs is 1. The van der Waals surface area contributed by atoms with Crippen molar-refractivity contribution in [2.45, 2.75) is 6.54 Å². The summed E-state index contributed by atoms with van der Waals surface area (Å²) >= 11 is 5.01. The van der Waals surface area contributed by atoms with Gasteiger partial charge in [-0.3, -0.25) is 4.68 Å². The molecule has 0 fully saturated rings. The van der Waals surface area contributed by atoms with E-state index >= 15 is 0 Å². The molecule has 0 saturated carbocycles. The van der Waals surface area contributed by atoms with E-state index in [4.69, 9.17) is 0 Å². The Morgan fingerprint density at radius 3 is 2.95 bits per heavy atom. The summed E-state index contributed by atoms with van der Waals surface area (Å²) < 4.78 is 2.66. The summed E-state index contributed by atoms with van der Waals surface area (Å²) in [7, 11) is 1.77. The highest BCUT2D eigenvalue weighted by Gasteiger charge is 2.16. The fourth-order valence-corrected chi connectivity index (χ4v) is 3.49. The molecular weight excluding hydrogens is 356 g/mol. The zero-order valence-corrected chi connectivity index (χ0v) is 13.4. The van der Waals surface area contributed by atoms with Gasteiger partial charge in [-0.25, -0.2) is 9.78 Å². The smallest absolute Gasteiger partial charge is 0.339 e. The Morgan fingerprint density at radius 2 is 2.29 bits per heavy atom. The van der Waals surface area contributed by atoms with Crippen molar-refractivity contribution in [1.82, 2.24) is 14.8 Å². The maximum atomic E-state index is 11.4. The molecule has 3 aromatic rings. The van der Waals surface area contributed by atoms with Crippen molar-refractivity contribution in [2.75, 3.05) is 5.32 Å². The Balaban J connectivity index is 2.01. The predicted molar refractivity (Wildman–Crippen MR) is 84.8 cm³/mol. The third-order valence-corrected chi connectivity index (χ3v) is 4.68. The van der Waals surface area contributed by atoms with Crippen LogP contribution < -0.4 is 5.32 Å². The minimum atomic E-state index is -1.01. The molecule has 0 saturated heterocycles. The van der Waals surface area contributed by atoms with E-state index in [-0.39, 0.29) is 5.56 Å². The molecule has 8 heteroatoms. The van der Waals surface area contributed by atoms with Gasteiger partial charge in [0.05, 0.1) is 21.1 Å². The predicted octanol–water partition coefficient (Wildman–Crippen LogP) is 3.10. The summed E-state index contributed by atoms with van der Waals surface area (Å²) in [5, 5.41) is 17.4. The first kappa shape index (κ1) is 14.0. The number of aromatic nitrogens is 3. The van der Waals surface area contributed by atoms with Crippen molar-refractivity contribution >= 4 is 50.0 Å². The summed E-state index contributed by atoms with van der Waals surface area (Å²) in [4.78, 5) is 16.6. The second-order valence-electron chi connectivity index (χ2n) is 4.42. The molecule has 0 amide bonds. The zero-order valence-electron chi connectivity index (χ0n) is 11.0. The lowest BCUT2D eigenvalue weighted by Crippen LogP contribution is -2.07. The molecule has 0 unspecified atom stereocenters. The van der Waals surface area contributed by atoms with E-state index in [0.717, 1.165) is 8.66 Å². The number of hydrogen-bond donors (Lipinski definition) is 2. The first-order valence-electron chi connectivity index (χ1n) is 6.08. The van der Waals surface area contributed by atoms with Crippen LogP contribution in [0.1, 0.15) is 15.2 Å². The molecule has 0 atom stereocenters. The average molecular weight is 367 g/mol. The number of carboxylic acids is 1. The number of carbonyl (C=O) groups is 1. The Bertz CT molecular complexity index is 827. The molecule has 6 nitrogen and oxygen atoms in total. The number of nitrogens with zero attached hydrogens (tertiary/aromatic N) is 3. The zero-order chi connectivity index (χ0) is 15.0. The van der Waals surface area contributed by atoms with Crippen molar-refractivity contribution in [3.8, 4) is 0 Å². The van der Waals surface area contributed by atoms with Gasteiger partial charge in [-0.15, -0.1) is 11.3 Å². The van der Waals surface area contributed by atoms with Crippen molar-refractivity contribution < 1.29 is 9.90 Å². The Labute approximate surface area is 132 Å². The molecule has 3 rings (SSSR count). The Morgan fingerprint density at radius 1 is 1.48 bits per heavy atom. The number of thiophene rings is 1. The van der Waals surface area contributed by atoms with Gasteiger partial charge in [-0.05, 0) is 28.1 Å². The fraction of sp³-hybridized carbons (Fsp3) is 0.154. The standard InChI is InChI=1S/C13H11BrN4O2S/c1-18-12-8(6-17-18)11(9(5-16-12)13(19)20)15-4-7-2-3-10(14)21-7/h2-3,5-6H,4H2,1H3,(H,15,16)(H,19,20). The number of rotatable bonds is 4. The normalized spacial score (nSPS) is 11.0. The van der Waals surface area contributed by atoms with Crippen LogP contribution in [0.25, 0.3) is 11.0 Å². The molecule has 0 aliphatic carbocycles. The SMILES string of the molecule is Cn1ncc2c(NCc3ccc(Br)s3)c(C(=O)O)cnc21. The molecule has 2 N–H and O–H groups in total. The summed E-state index contributed by atoms with van der Waals surface area (Å²) in [6.07, 6.45) is 2.99. The van der Waals surface area contributed by atoms with Crippen molar-refractivity contribution in [3.05, 3.63) is 38.8 Å². The molecule has 0 spiro atoms. The van der Waals surface area contributed by atoms with E-state index in [1.54, 1.807) is 29.3 Å². The summed E-state index contributed by atoms with van der Waals surface area (Å²) in [6, 6.07) is 3.95. The van der Waals surface area contributed by atoms with Crippen molar-refractivity contribution in [2.24, 2.45) is 7.05 Å². The van der Waals surface area contributed by atoms with Gasteiger partial charge in [-0.1, -0.05) is 0 Å². The number of aromatic carboxylic acids is 1. The van der Waals surface area contributed by atoms with Gasteiger partial charge in [0.1, 0.15) is 5.56 Å². The quantitative estimate of drug-likeness (QED) is 0.741. The molecule has 3 aromatic heterocycles. The fourth-order valence-electron chi connectivity index (χ4n) is 2.07. The summed E-state index contributed by atoms with van der Waals surface area (Å²) in [5.41, 5.74) is 1.34. The highest BCUT2D eigenvalue weighted by atomic mass is 79.9. The molecule has 0 aliphatic rings. The maximum absolute atomic E-state index is 11.4. The molecule has 0 bridgehead atoms.